The van der Waals surface area contributed by atoms with Crippen molar-refractivity contribution in [1.29, 1.82) is 0 Å². The highest BCUT2D eigenvalue weighted by Gasteiger charge is 2.41. The van der Waals surface area contributed by atoms with Gasteiger partial charge in [0.25, 0.3) is 0 Å². The minimum Gasteiger partial charge on any atom is -0.385 e. The molecule has 4 nitrogen and oxygen atoms in total. The zero-order valence-electron chi connectivity index (χ0n) is 11.8. The highest BCUT2D eigenvalue weighted by Crippen LogP contribution is 2.32. The van der Waals surface area contributed by atoms with E-state index < -0.39 is 0 Å². The summed E-state index contributed by atoms with van der Waals surface area (Å²) in [5, 5.41) is 0. The molecule has 2 N–H and O–H groups in total. The van der Waals surface area contributed by atoms with E-state index in [1.807, 2.05) is 0 Å². The molecule has 1 aliphatic carbocycles. The van der Waals surface area contributed by atoms with E-state index in [-0.39, 0.29) is 5.54 Å². The van der Waals surface area contributed by atoms with Gasteiger partial charge in [0.2, 0.25) is 0 Å². The molecule has 0 bridgehead atoms. The summed E-state index contributed by atoms with van der Waals surface area (Å²) in [4.78, 5) is 6.89. The molecule has 0 spiro atoms. The molecule has 1 atom stereocenters. The highest BCUT2D eigenvalue weighted by molar-refractivity contribution is 5.81. The Bertz CT molecular complexity index is 297. The van der Waals surface area contributed by atoms with Gasteiger partial charge in [-0.3, -0.25) is 4.99 Å². The van der Waals surface area contributed by atoms with Crippen LogP contribution < -0.4 is 5.73 Å². The van der Waals surface area contributed by atoms with Gasteiger partial charge < -0.3 is 15.4 Å². The second kappa shape index (κ2) is 5.91. The van der Waals surface area contributed by atoms with Crippen LogP contribution in [0.1, 0.15) is 51.9 Å². The number of hydrogen-bond donors (Lipinski definition) is 1. The molecule has 2 rings (SSSR count). The first-order chi connectivity index (χ1) is 8.67. The SMILES string of the molecule is COCCC1(C)CN=C(N)N1C1CCCCCC1. The van der Waals surface area contributed by atoms with Crippen molar-refractivity contribution in [3.05, 3.63) is 0 Å². The van der Waals surface area contributed by atoms with Crippen LogP contribution in [0.3, 0.4) is 0 Å². The first kappa shape index (κ1) is 13.7. The fourth-order valence-electron chi connectivity index (χ4n) is 3.35. The van der Waals surface area contributed by atoms with E-state index in [1.54, 1.807) is 7.11 Å². The molecule has 0 radical (unpaired) electrons. The van der Waals surface area contributed by atoms with Crippen molar-refractivity contribution < 1.29 is 4.74 Å². The summed E-state index contributed by atoms with van der Waals surface area (Å²) in [5.74, 6) is 0.750. The number of methoxy groups -OCH3 is 1. The quantitative estimate of drug-likeness (QED) is 0.781. The predicted octanol–water partition coefficient (Wildman–Crippen LogP) is 2.13. The summed E-state index contributed by atoms with van der Waals surface area (Å²) < 4.78 is 5.25. The minimum atomic E-state index is 0.0646. The molecule has 104 valence electrons. The van der Waals surface area contributed by atoms with Gasteiger partial charge in [-0.25, -0.2) is 0 Å². The molecule has 18 heavy (non-hydrogen) atoms. The van der Waals surface area contributed by atoms with E-state index in [1.165, 1.54) is 38.5 Å². The van der Waals surface area contributed by atoms with E-state index >= 15 is 0 Å². The van der Waals surface area contributed by atoms with Gasteiger partial charge in [0.05, 0.1) is 12.1 Å². The average Bonchev–Trinajstić information content (AvgIpc) is 2.58. The lowest BCUT2D eigenvalue weighted by Crippen LogP contribution is -2.55. The standard InChI is InChI=1S/C14H27N3O/c1-14(9-10-18-2)11-16-13(15)17(14)12-7-5-3-4-6-8-12/h12H,3-11H2,1-2H3,(H2,15,16). The van der Waals surface area contributed by atoms with Crippen LogP contribution in [0.4, 0.5) is 0 Å². The van der Waals surface area contributed by atoms with Gasteiger partial charge in [-0.1, -0.05) is 25.7 Å². The normalized spacial score (nSPS) is 30.3. The van der Waals surface area contributed by atoms with Gasteiger partial charge >= 0.3 is 0 Å². The van der Waals surface area contributed by atoms with Crippen LogP contribution in [0.15, 0.2) is 4.99 Å². The van der Waals surface area contributed by atoms with Crippen molar-refractivity contribution in [3.63, 3.8) is 0 Å². The fraction of sp³-hybridized carbons (Fsp3) is 0.929. The van der Waals surface area contributed by atoms with Gasteiger partial charge in [-0.15, -0.1) is 0 Å². The number of ether oxygens (including phenoxy) is 1. The summed E-state index contributed by atoms with van der Waals surface area (Å²) in [6.45, 7) is 3.88. The largest absolute Gasteiger partial charge is 0.385 e. The lowest BCUT2D eigenvalue weighted by molar-refractivity contribution is 0.0979. The van der Waals surface area contributed by atoms with Gasteiger partial charge in [-0.05, 0) is 26.2 Å². The van der Waals surface area contributed by atoms with Crippen molar-refractivity contribution in [3.8, 4) is 0 Å². The van der Waals surface area contributed by atoms with Crippen LogP contribution in [-0.4, -0.2) is 42.7 Å². The number of hydrogen-bond acceptors (Lipinski definition) is 4. The first-order valence-corrected chi connectivity index (χ1v) is 7.25. The maximum absolute atomic E-state index is 6.14. The molecule has 1 heterocycles. The molecule has 1 saturated carbocycles. The maximum atomic E-state index is 6.14. The summed E-state index contributed by atoms with van der Waals surface area (Å²) in [7, 11) is 1.76. The number of rotatable bonds is 4. The second-order valence-corrected chi connectivity index (χ2v) is 5.93. The Labute approximate surface area is 111 Å². The third-order valence-corrected chi connectivity index (χ3v) is 4.44. The van der Waals surface area contributed by atoms with E-state index in [0.717, 1.165) is 25.5 Å². The first-order valence-electron chi connectivity index (χ1n) is 7.25. The van der Waals surface area contributed by atoms with Gasteiger partial charge in [-0.2, -0.15) is 0 Å². The predicted molar refractivity (Wildman–Crippen MR) is 74.7 cm³/mol. The zero-order chi connectivity index (χ0) is 13.0. The van der Waals surface area contributed by atoms with Crippen molar-refractivity contribution in [2.24, 2.45) is 10.7 Å². The Balaban J connectivity index is 2.07. The van der Waals surface area contributed by atoms with Crippen molar-refractivity contribution in [2.45, 2.75) is 63.5 Å². The lowest BCUT2D eigenvalue weighted by Gasteiger charge is -2.41. The summed E-state index contributed by atoms with van der Waals surface area (Å²) >= 11 is 0. The van der Waals surface area contributed by atoms with Crippen LogP contribution in [-0.2, 0) is 4.74 Å². The van der Waals surface area contributed by atoms with Crippen LogP contribution in [0.25, 0.3) is 0 Å². The molecule has 0 aromatic heterocycles. The van der Waals surface area contributed by atoms with E-state index in [4.69, 9.17) is 10.5 Å². The van der Waals surface area contributed by atoms with Gasteiger partial charge in [0, 0.05) is 19.8 Å². The minimum absolute atomic E-state index is 0.0646. The molecule has 1 aliphatic heterocycles. The smallest absolute Gasteiger partial charge is 0.192 e. The van der Waals surface area contributed by atoms with Crippen LogP contribution >= 0.6 is 0 Å². The Morgan fingerprint density at radius 1 is 1.33 bits per heavy atom. The highest BCUT2D eigenvalue weighted by atomic mass is 16.5. The molecule has 2 aliphatic rings. The molecule has 1 fully saturated rings. The van der Waals surface area contributed by atoms with Crippen molar-refractivity contribution in [2.75, 3.05) is 20.3 Å². The zero-order valence-corrected chi connectivity index (χ0v) is 11.8. The van der Waals surface area contributed by atoms with E-state index in [9.17, 15) is 0 Å². The average molecular weight is 253 g/mol. The molecule has 1 unspecified atom stereocenters. The van der Waals surface area contributed by atoms with E-state index in [0.29, 0.717) is 6.04 Å². The monoisotopic (exact) mass is 253 g/mol. The van der Waals surface area contributed by atoms with Gasteiger partial charge in [0.15, 0.2) is 5.96 Å². The van der Waals surface area contributed by atoms with Crippen LogP contribution in [0, 0.1) is 0 Å². The third-order valence-electron chi connectivity index (χ3n) is 4.44. The molecule has 0 saturated heterocycles. The van der Waals surface area contributed by atoms with Crippen molar-refractivity contribution in [1.82, 2.24) is 4.90 Å². The van der Waals surface area contributed by atoms with E-state index in [2.05, 4.69) is 16.8 Å². The Morgan fingerprint density at radius 3 is 2.61 bits per heavy atom. The number of guanidine groups is 1. The molecule has 0 aromatic carbocycles. The molecular formula is C14H27N3O. The number of nitrogens with two attached hydrogens (primary N) is 1. The lowest BCUT2D eigenvalue weighted by atomic mass is 9.93. The third kappa shape index (κ3) is 2.79. The summed E-state index contributed by atoms with van der Waals surface area (Å²) in [6, 6.07) is 0.584. The Kier molecular flexibility index (Phi) is 4.49. The molecule has 0 aromatic rings. The fourth-order valence-corrected chi connectivity index (χ4v) is 3.35. The summed E-state index contributed by atoms with van der Waals surface area (Å²) in [6.07, 6.45) is 8.93. The number of aliphatic imine (C=N–C) groups is 1. The molecule has 4 heteroatoms. The van der Waals surface area contributed by atoms with Crippen LogP contribution in [0.2, 0.25) is 0 Å². The van der Waals surface area contributed by atoms with Crippen LogP contribution in [0.5, 0.6) is 0 Å². The number of nitrogens with zero attached hydrogens (tertiary/aromatic N) is 2. The maximum Gasteiger partial charge on any atom is 0.192 e. The topological polar surface area (TPSA) is 50.9 Å². The Morgan fingerprint density at radius 2 is 2.00 bits per heavy atom. The summed E-state index contributed by atoms with van der Waals surface area (Å²) in [5.41, 5.74) is 6.21. The second-order valence-electron chi connectivity index (χ2n) is 5.93. The molecule has 0 amide bonds. The molecular weight excluding hydrogens is 226 g/mol. The van der Waals surface area contributed by atoms with Crippen molar-refractivity contribution >= 4 is 5.96 Å². The van der Waals surface area contributed by atoms with Gasteiger partial charge in [0.1, 0.15) is 0 Å². The Hall–Kier alpha value is -0.770.